The molecule has 1 heterocycles. The van der Waals surface area contributed by atoms with Gasteiger partial charge in [0.1, 0.15) is 11.5 Å². The molecule has 0 saturated carbocycles. The third kappa shape index (κ3) is 4.41. The molecule has 0 unspecified atom stereocenters. The van der Waals surface area contributed by atoms with Gasteiger partial charge in [0.25, 0.3) is 0 Å². The largest absolute Gasteiger partial charge is 0.508 e. The molecular formula is C20H19Cl2N3O2S. The summed E-state index contributed by atoms with van der Waals surface area (Å²) in [6.45, 7) is 5.77. The highest BCUT2D eigenvalue weighted by Gasteiger charge is 2.12. The Bertz CT molecular complexity index is 1120. The molecule has 28 heavy (non-hydrogen) atoms. The van der Waals surface area contributed by atoms with Crippen molar-refractivity contribution in [2.75, 3.05) is 0 Å². The SMILES string of the molecule is CC(=Nn1c(-c2ccc(Cl)c(Cl)c2)csc1=NC(C)C)c1ccc(O)cc1O. The van der Waals surface area contributed by atoms with Crippen LogP contribution in [0.25, 0.3) is 11.3 Å². The Hall–Kier alpha value is -2.28. The van der Waals surface area contributed by atoms with E-state index in [-0.39, 0.29) is 17.5 Å². The number of aromatic nitrogens is 1. The van der Waals surface area contributed by atoms with Gasteiger partial charge in [-0.15, -0.1) is 11.3 Å². The summed E-state index contributed by atoms with van der Waals surface area (Å²) in [4.78, 5) is 5.36. The van der Waals surface area contributed by atoms with Gasteiger partial charge in [0.05, 0.1) is 21.5 Å². The van der Waals surface area contributed by atoms with Crippen molar-refractivity contribution in [3.05, 3.63) is 62.2 Å². The Balaban J connectivity index is 2.20. The first kappa shape index (κ1) is 20.5. The van der Waals surface area contributed by atoms with E-state index in [2.05, 4.69) is 4.99 Å². The van der Waals surface area contributed by atoms with Crippen molar-refractivity contribution in [3.63, 3.8) is 0 Å². The van der Waals surface area contributed by atoms with Crippen LogP contribution in [0.3, 0.4) is 0 Å². The Morgan fingerprint density at radius 1 is 1.07 bits per heavy atom. The second kappa shape index (κ2) is 8.39. The van der Waals surface area contributed by atoms with Crippen molar-refractivity contribution >= 4 is 40.3 Å². The molecule has 5 nitrogen and oxygen atoms in total. The van der Waals surface area contributed by atoms with Crippen LogP contribution in [0, 0.1) is 0 Å². The number of hydrogen-bond acceptors (Lipinski definition) is 5. The molecule has 8 heteroatoms. The molecule has 2 aromatic carbocycles. The Morgan fingerprint density at radius 2 is 1.82 bits per heavy atom. The normalized spacial score (nSPS) is 12.8. The van der Waals surface area contributed by atoms with E-state index in [1.54, 1.807) is 29.8 Å². The van der Waals surface area contributed by atoms with Crippen LogP contribution in [-0.2, 0) is 0 Å². The molecule has 0 bridgehead atoms. The lowest BCUT2D eigenvalue weighted by molar-refractivity contribution is 0.450. The zero-order valence-corrected chi connectivity index (χ0v) is 17.8. The lowest BCUT2D eigenvalue weighted by Gasteiger charge is -2.09. The third-order valence-corrected chi connectivity index (χ3v) is 5.46. The van der Waals surface area contributed by atoms with E-state index in [4.69, 9.17) is 28.3 Å². The Morgan fingerprint density at radius 3 is 2.46 bits per heavy atom. The van der Waals surface area contributed by atoms with Gasteiger partial charge >= 0.3 is 0 Å². The van der Waals surface area contributed by atoms with Crippen LogP contribution in [0.5, 0.6) is 11.5 Å². The highest BCUT2D eigenvalue weighted by Crippen LogP contribution is 2.29. The first-order valence-corrected chi connectivity index (χ1v) is 10.2. The van der Waals surface area contributed by atoms with Gasteiger partial charge in [-0.1, -0.05) is 29.3 Å². The minimum atomic E-state index is -0.0458. The monoisotopic (exact) mass is 435 g/mol. The molecule has 3 rings (SSSR count). The van der Waals surface area contributed by atoms with Gasteiger partial charge in [0.2, 0.25) is 4.80 Å². The van der Waals surface area contributed by atoms with Gasteiger partial charge in [-0.2, -0.15) is 5.10 Å². The van der Waals surface area contributed by atoms with Gasteiger partial charge in [0.15, 0.2) is 0 Å². The summed E-state index contributed by atoms with van der Waals surface area (Å²) in [5.41, 5.74) is 2.75. The minimum absolute atomic E-state index is 0.00997. The Kier molecular flexibility index (Phi) is 6.13. The lowest BCUT2D eigenvalue weighted by atomic mass is 10.1. The van der Waals surface area contributed by atoms with Crippen LogP contribution >= 0.6 is 34.5 Å². The number of nitrogens with zero attached hydrogens (tertiary/aromatic N) is 3. The van der Waals surface area contributed by atoms with Crippen molar-refractivity contribution in [2.45, 2.75) is 26.8 Å². The van der Waals surface area contributed by atoms with Crippen molar-refractivity contribution in [1.29, 1.82) is 0 Å². The molecule has 0 atom stereocenters. The molecule has 0 spiro atoms. The van der Waals surface area contributed by atoms with E-state index < -0.39 is 0 Å². The molecule has 0 saturated heterocycles. The van der Waals surface area contributed by atoms with E-state index in [1.165, 1.54) is 23.5 Å². The summed E-state index contributed by atoms with van der Waals surface area (Å²) in [5, 5.41) is 27.3. The van der Waals surface area contributed by atoms with Gasteiger partial charge in [-0.25, -0.2) is 4.68 Å². The van der Waals surface area contributed by atoms with Crippen LogP contribution < -0.4 is 4.80 Å². The number of rotatable bonds is 4. The second-order valence-corrected chi connectivity index (χ2v) is 8.10. The molecule has 0 aliphatic heterocycles. The molecular weight excluding hydrogens is 417 g/mol. The maximum Gasteiger partial charge on any atom is 0.206 e. The quantitative estimate of drug-likeness (QED) is 0.529. The summed E-state index contributed by atoms with van der Waals surface area (Å²) in [7, 11) is 0. The first-order valence-electron chi connectivity index (χ1n) is 8.54. The predicted molar refractivity (Wildman–Crippen MR) is 116 cm³/mol. The summed E-state index contributed by atoms with van der Waals surface area (Å²) < 4.78 is 1.73. The van der Waals surface area contributed by atoms with Crippen LogP contribution in [-0.4, -0.2) is 26.6 Å². The molecule has 0 amide bonds. The van der Waals surface area contributed by atoms with Crippen LogP contribution in [0.4, 0.5) is 0 Å². The third-order valence-electron chi connectivity index (χ3n) is 3.89. The van der Waals surface area contributed by atoms with E-state index in [0.29, 0.717) is 26.1 Å². The standard InChI is InChI=1S/C20H19Cl2N3O2S/c1-11(2)23-20-25(24-12(3)15-6-5-14(26)9-19(15)27)18(10-28-20)13-4-7-16(21)17(22)8-13/h4-11,26-27H,1-3H3. The van der Waals surface area contributed by atoms with Gasteiger partial charge in [-0.3, -0.25) is 4.99 Å². The number of benzene rings is 2. The second-order valence-electron chi connectivity index (χ2n) is 6.45. The van der Waals surface area contributed by atoms with E-state index in [1.807, 2.05) is 25.3 Å². The van der Waals surface area contributed by atoms with Crippen molar-refractivity contribution in [1.82, 2.24) is 4.68 Å². The average molecular weight is 436 g/mol. The van der Waals surface area contributed by atoms with E-state index in [9.17, 15) is 10.2 Å². The molecule has 0 aliphatic rings. The number of halogens is 2. The van der Waals surface area contributed by atoms with E-state index in [0.717, 1.165) is 11.3 Å². The number of phenolic OH excluding ortho intramolecular Hbond substituents is 2. The maximum absolute atomic E-state index is 10.2. The highest BCUT2D eigenvalue weighted by atomic mass is 35.5. The molecule has 146 valence electrons. The zero-order chi connectivity index (χ0) is 20.4. The highest BCUT2D eigenvalue weighted by molar-refractivity contribution is 7.07. The summed E-state index contributed by atoms with van der Waals surface area (Å²) in [5.74, 6) is -0.0558. The number of aromatic hydroxyl groups is 2. The summed E-state index contributed by atoms with van der Waals surface area (Å²) in [6, 6.07) is 9.89. The summed E-state index contributed by atoms with van der Waals surface area (Å²) >= 11 is 13.7. The molecule has 1 aromatic heterocycles. The maximum atomic E-state index is 10.2. The lowest BCUT2D eigenvalue weighted by Crippen LogP contribution is -2.16. The molecule has 0 radical (unpaired) electrons. The predicted octanol–water partition coefficient (Wildman–Crippen LogP) is 5.52. The van der Waals surface area contributed by atoms with Crippen LogP contribution in [0.1, 0.15) is 26.3 Å². The fraction of sp³-hybridized carbons (Fsp3) is 0.200. The van der Waals surface area contributed by atoms with E-state index >= 15 is 0 Å². The van der Waals surface area contributed by atoms with Gasteiger partial charge in [0, 0.05) is 28.6 Å². The van der Waals surface area contributed by atoms with Crippen molar-refractivity contribution in [3.8, 4) is 22.8 Å². The molecule has 0 aliphatic carbocycles. The van der Waals surface area contributed by atoms with Gasteiger partial charge < -0.3 is 10.2 Å². The number of hydrogen-bond donors (Lipinski definition) is 2. The average Bonchev–Trinajstić information content (AvgIpc) is 2.99. The molecule has 0 fully saturated rings. The van der Waals surface area contributed by atoms with Crippen LogP contribution in [0.15, 0.2) is 51.9 Å². The topological polar surface area (TPSA) is 70.1 Å². The fourth-order valence-electron chi connectivity index (χ4n) is 2.59. The molecule has 2 N–H and O–H groups in total. The zero-order valence-electron chi connectivity index (χ0n) is 15.5. The summed E-state index contributed by atoms with van der Waals surface area (Å²) in [6.07, 6.45) is 0. The number of phenols is 2. The first-order chi connectivity index (χ1) is 13.3. The van der Waals surface area contributed by atoms with Crippen LogP contribution in [0.2, 0.25) is 10.0 Å². The smallest absolute Gasteiger partial charge is 0.206 e. The van der Waals surface area contributed by atoms with Crippen molar-refractivity contribution in [2.24, 2.45) is 10.1 Å². The fourth-order valence-corrected chi connectivity index (χ4v) is 3.85. The number of thiazole rings is 1. The minimum Gasteiger partial charge on any atom is -0.508 e. The molecule has 3 aromatic rings. The van der Waals surface area contributed by atoms with Gasteiger partial charge in [-0.05, 0) is 45.0 Å². The van der Waals surface area contributed by atoms with Crippen molar-refractivity contribution < 1.29 is 10.2 Å². The Labute approximate surface area is 176 Å².